The predicted molar refractivity (Wildman–Crippen MR) is 78.8 cm³/mol. The van der Waals surface area contributed by atoms with Gasteiger partial charge in [-0.2, -0.15) is 0 Å². The minimum atomic E-state index is -0.441. The molecular weight excluding hydrogens is 266 g/mol. The molecule has 0 saturated carbocycles. The zero-order valence-corrected chi connectivity index (χ0v) is 12.4. The van der Waals surface area contributed by atoms with Gasteiger partial charge in [0.25, 0.3) is 0 Å². The highest BCUT2D eigenvalue weighted by Crippen LogP contribution is 2.51. The monoisotopic (exact) mass is 285 g/mol. The number of hydrogen-bond acceptors (Lipinski definition) is 3. The molecule has 0 bridgehead atoms. The van der Waals surface area contributed by atoms with E-state index in [1.165, 1.54) is 11.1 Å². The topological polar surface area (TPSA) is 61.4 Å². The average molecular weight is 285 g/mol. The first-order valence-electron chi connectivity index (χ1n) is 7.42. The van der Waals surface area contributed by atoms with E-state index in [1.54, 1.807) is 11.8 Å². The van der Waals surface area contributed by atoms with E-state index in [9.17, 15) is 9.59 Å². The number of rotatable bonds is 0. The summed E-state index contributed by atoms with van der Waals surface area (Å²) in [7, 11) is 0. The number of nitrogens with zero attached hydrogens (tertiary/aromatic N) is 1. The van der Waals surface area contributed by atoms with Gasteiger partial charge in [-0.05, 0) is 31.9 Å². The summed E-state index contributed by atoms with van der Waals surface area (Å²) in [5.41, 5.74) is 3.29. The molecule has 3 aliphatic heterocycles. The van der Waals surface area contributed by atoms with Crippen LogP contribution in [0.5, 0.6) is 0 Å². The molecule has 5 heteroatoms. The van der Waals surface area contributed by atoms with Crippen LogP contribution < -0.4 is 10.6 Å². The Morgan fingerprint density at radius 1 is 1.29 bits per heavy atom. The van der Waals surface area contributed by atoms with Gasteiger partial charge < -0.3 is 15.5 Å². The summed E-state index contributed by atoms with van der Waals surface area (Å²) in [6, 6.07) is 5.52. The fourth-order valence-electron chi connectivity index (χ4n) is 4.08. The van der Waals surface area contributed by atoms with E-state index >= 15 is 0 Å². The third-order valence-electron chi connectivity index (χ3n) is 5.20. The first kappa shape index (κ1) is 12.7. The quantitative estimate of drug-likeness (QED) is 0.751. The van der Waals surface area contributed by atoms with Gasteiger partial charge in [-0.1, -0.05) is 24.6 Å². The van der Waals surface area contributed by atoms with Gasteiger partial charge in [0.15, 0.2) is 0 Å². The molecule has 0 unspecified atom stereocenters. The molecule has 110 valence electrons. The summed E-state index contributed by atoms with van der Waals surface area (Å²) in [5, 5.41) is 6.24. The molecule has 0 aliphatic carbocycles. The number of anilines is 1. The van der Waals surface area contributed by atoms with Crippen molar-refractivity contribution in [3.05, 3.63) is 29.3 Å². The van der Waals surface area contributed by atoms with E-state index < -0.39 is 6.04 Å². The van der Waals surface area contributed by atoms with Gasteiger partial charge in [0, 0.05) is 11.1 Å². The normalized spacial score (nSPS) is 36.7. The van der Waals surface area contributed by atoms with Gasteiger partial charge in [-0.15, -0.1) is 0 Å². The Hall–Kier alpha value is -2.04. The number of benzene rings is 1. The zero-order chi connectivity index (χ0) is 14.9. The Labute approximate surface area is 123 Å². The molecule has 2 amide bonds. The molecule has 5 nitrogen and oxygen atoms in total. The van der Waals surface area contributed by atoms with Crippen molar-refractivity contribution >= 4 is 17.5 Å². The first-order valence-corrected chi connectivity index (χ1v) is 7.42. The van der Waals surface area contributed by atoms with Gasteiger partial charge in [-0.25, -0.2) is 0 Å². The van der Waals surface area contributed by atoms with Crippen molar-refractivity contribution in [3.63, 3.8) is 0 Å². The SMILES string of the molecule is Cc1ccc2c(c1)[C@]1(C)C[C@H]3C(=O)N[C@@H](C)C(=O)N3[C@@H]1N2. The lowest BCUT2D eigenvalue weighted by molar-refractivity contribution is -0.148. The van der Waals surface area contributed by atoms with E-state index in [2.05, 4.69) is 42.7 Å². The third-order valence-corrected chi connectivity index (χ3v) is 5.20. The Balaban J connectivity index is 1.83. The van der Waals surface area contributed by atoms with Crippen LogP contribution in [0.4, 0.5) is 5.69 Å². The molecule has 4 atom stereocenters. The van der Waals surface area contributed by atoms with Crippen LogP contribution in [0, 0.1) is 6.92 Å². The number of fused-ring (bicyclic) bond motifs is 5. The van der Waals surface area contributed by atoms with Crippen LogP contribution in [-0.4, -0.2) is 35.0 Å². The fraction of sp³-hybridized carbons (Fsp3) is 0.500. The van der Waals surface area contributed by atoms with Crippen LogP contribution in [0.15, 0.2) is 18.2 Å². The van der Waals surface area contributed by atoms with Crippen molar-refractivity contribution in [1.82, 2.24) is 10.2 Å². The standard InChI is InChI=1S/C16H19N3O2/c1-8-4-5-11-10(6-8)16(3)7-12-13(20)17-9(2)14(21)19(12)15(16)18-11/h4-6,9,12,15,18H,7H2,1-3H3,(H,17,20)/t9-,12-,15-,16-/m0/s1. The third kappa shape index (κ3) is 1.46. The molecule has 1 aromatic carbocycles. The summed E-state index contributed by atoms with van der Waals surface area (Å²) < 4.78 is 0. The molecule has 2 fully saturated rings. The van der Waals surface area contributed by atoms with Crippen LogP contribution in [-0.2, 0) is 15.0 Å². The summed E-state index contributed by atoms with van der Waals surface area (Å²) >= 11 is 0. The highest BCUT2D eigenvalue weighted by atomic mass is 16.2. The van der Waals surface area contributed by atoms with Crippen LogP contribution in [0.2, 0.25) is 0 Å². The van der Waals surface area contributed by atoms with Crippen LogP contribution in [0.3, 0.4) is 0 Å². The first-order chi connectivity index (χ1) is 9.91. The van der Waals surface area contributed by atoms with Crippen molar-refractivity contribution in [2.75, 3.05) is 5.32 Å². The summed E-state index contributed by atoms with van der Waals surface area (Å²) in [6.07, 6.45) is 0.547. The maximum atomic E-state index is 12.5. The van der Waals surface area contributed by atoms with Crippen molar-refractivity contribution in [2.24, 2.45) is 0 Å². The summed E-state index contributed by atoms with van der Waals surface area (Å²) in [4.78, 5) is 26.5. The van der Waals surface area contributed by atoms with Crippen LogP contribution >= 0.6 is 0 Å². The molecule has 3 heterocycles. The minimum Gasteiger partial charge on any atom is -0.364 e. The number of carbonyl (C=O) groups excluding carboxylic acids is 2. The summed E-state index contributed by atoms with van der Waals surface area (Å²) in [5.74, 6) is -0.0286. The lowest BCUT2D eigenvalue weighted by Gasteiger charge is -2.37. The Morgan fingerprint density at radius 2 is 2.05 bits per heavy atom. The molecule has 2 N–H and O–H groups in total. The number of piperazine rings is 1. The molecule has 0 radical (unpaired) electrons. The molecular formula is C16H19N3O2. The molecule has 3 aliphatic rings. The van der Waals surface area contributed by atoms with Crippen molar-refractivity contribution in [2.45, 2.75) is 50.9 Å². The van der Waals surface area contributed by atoms with Crippen molar-refractivity contribution in [1.29, 1.82) is 0 Å². The number of amides is 2. The molecule has 0 spiro atoms. The van der Waals surface area contributed by atoms with E-state index in [0.29, 0.717) is 6.42 Å². The number of hydrogen-bond donors (Lipinski definition) is 2. The molecule has 2 saturated heterocycles. The maximum Gasteiger partial charge on any atom is 0.247 e. The Kier molecular flexibility index (Phi) is 2.28. The second-order valence-electron chi connectivity index (χ2n) is 6.71. The molecule has 4 rings (SSSR count). The van der Waals surface area contributed by atoms with Crippen molar-refractivity contribution < 1.29 is 9.59 Å². The number of aryl methyl sites for hydroxylation is 1. The highest BCUT2D eigenvalue weighted by Gasteiger charge is 2.60. The maximum absolute atomic E-state index is 12.5. The average Bonchev–Trinajstić information content (AvgIpc) is 2.87. The van der Waals surface area contributed by atoms with Gasteiger partial charge in [-0.3, -0.25) is 9.59 Å². The van der Waals surface area contributed by atoms with Gasteiger partial charge in [0.05, 0.1) is 0 Å². The highest BCUT2D eigenvalue weighted by molar-refractivity contribution is 5.98. The van der Waals surface area contributed by atoms with Gasteiger partial charge in [0.1, 0.15) is 18.2 Å². The lowest BCUT2D eigenvalue weighted by Crippen LogP contribution is -2.63. The van der Waals surface area contributed by atoms with Crippen molar-refractivity contribution in [3.8, 4) is 0 Å². The second kappa shape index (κ2) is 3.78. The zero-order valence-electron chi connectivity index (χ0n) is 12.4. The lowest BCUT2D eigenvalue weighted by atomic mass is 9.79. The summed E-state index contributed by atoms with van der Waals surface area (Å²) in [6.45, 7) is 5.97. The second-order valence-corrected chi connectivity index (χ2v) is 6.71. The molecule has 21 heavy (non-hydrogen) atoms. The van der Waals surface area contributed by atoms with E-state index in [0.717, 1.165) is 5.69 Å². The van der Waals surface area contributed by atoms with E-state index in [-0.39, 0.29) is 29.4 Å². The Bertz CT molecular complexity index is 671. The van der Waals surface area contributed by atoms with Gasteiger partial charge >= 0.3 is 0 Å². The number of nitrogens with one attached hydrogen (secondary N) is 2. The molecule has 0 aromatic heterocycles. The smallest absolute Gasteiger partial charge is 0.247 e. The largest absolute Gasteiger partial charge is 0.364 e. The molecule has 1 aromatic rings. The van der Waals surface area contributed by atoms with Crippen LogP contribution in [0.1, 0.15) is 31.4 Å². The predicted octanol–water partition coefficient (Wildman–Crippen LogP) is 1.12. The van der Waals surface area contributed by atoms with Crippen LogP contribution in [0.25, 0.3) is 0 Å². The van der Waals surface area contributed by atoms with Gasteiger partial charge in [0.2, 0.25) is 11.8 Å². The van der Waals surface area contributed by atoms with E-state index in [1.807, 2.05) is 0 Å². The Morgan fingerprint density at radius 3 is 2.81 bits per heavy atom. The minimum absolute atomic E-state index is 0.00496. The van der Waals surface area contributed by atoms with E-state index in [4.69, 9.17) is 0 Å². The number of carbonyl (C=O) groups is 2. The fourth-order valence-corrected chi connectivity index (χ4v) is 4.08.